The molecule has 1 rings (SSSR count). The molecule has 0 unspecified atom stereocenters. The van der Waals surface area contributed by atoms with E-state index in [0.29, 0.717) is 0 Å². The van der Waals surface area contributed by atoms with Crippen molar-refractivity contribution in [3.05, 3.63) is 35.9 Å². The number of rotatable bonds is 1. The van der Waals surface area contributed by atoms with E-state index >= 15 is 0 Å². The van der Waals surface area contributed by atoms with Crippen LogP contribution in [0.25, 0.3) is 6.08 Å². The predicted octanol–water partition coefficient (Wildman–Crippen LogP) is 2.93. The third-order valence-corrected chi connectivity index (χ3v) is 1.76. The number of aryl methyl sites for hydroxylation is 1. The van der Waals surface area contributed by atoms with Gasteiger partial charge in [0.05, 0.1) is 0 Å². The van der Waals surface area contributed by atoms with Gasteiger partial charge < -0.3 is 0 Å². The van der Waals surface area contributed by atoms with Gasteiger partial charge >= 0.3 is 0 Å². The molecule has 0 N–H and O–H groups in total. The minimum atomic E-state index is 0.987. The SMILES string of the molecule is C=Cc1cc(S)ccc1C. The summed E-state index contributed by atoms with van der Waals surface area (Å²) < 4.78 is 0. The Morgan fingerprint density at radius 2 is 2.20 bits per heavy atom. The van der Waals surface area contributed by atoms with E-state index in [1.54, 1.807) is 0 Å². The van der Waals surface area contributed by atoms with Crippen molar-refractivity contribution in [3.8, 4) is 0 Å². The highest BCUT2D eigenvalue weighted by atomic mass is 32.1. The van der Waals surface area contributed by atoms with E-state index in [0.717, 1.165) is 10.5 Å². The molecule has 10 heavy (non-hydrogen) atoms. The lowest BCUT2D eigenvalue weighted by Crippen LogP contribution is -1.78. The summed E-state index contributed by atoms with van der Waals surface area (Å²) >= 11 is 4.21. The molecule has 0 amide bonds. The molecule has 0 atom stereocenters. The normalized spacial score (nSPS) is 9.40. The molecule has 0 aromatic heterocycles. The monoisotopic (exact) mass is 150 g/mol. The first kappa shape index (κ1) is 7.42. The Bertz CT molecular complexity index is 251. The second kappa shape index (κ2) is 2.93. The van der Waals surface area contributed by atoms with Crippen LogP contribution >= 0.6 is 12.6 Å². The summed E-state index contributed by atoms with van der Waals surface area (Å²) in [6, 6.07) is 6.02. The van der Waals surface area contributed by atoms with Crippen LogP contribution in [0.1, 0.15) is 11.1 Å². The van der Waals surface area contributed by atoms with E-state index in [1.165, 1.54) is 5.56 Å². The molecule has 1 heteroatoms. The van der Waals surface area contributed by atoms with Crippen molar-refractivity contribution in [2.75, 3.05) is 0 Å². The Morgan fingerprint density at radius 3 is 2.70 bits per heavy atom. The molecule has 1 aromatic carbocycles. The molecule has 0 radical (unpaired) electrons. The van der Waals surface area contributed by atoms with Crippen molar-refractivity contribution >= 4 is 18.7 Å². The van der Waals surface area contributed by atoms with Gasteiger partial charge in [-0.3, -0.25) is 0 Å². The van der Waals surface area contributed by atoms with Crippen molar-refractivity contribution < 1.29 is 0 Å². The summed E-state index contributed by atoms with van der Waals surface area (Å²) in [5.41, 5.74) is 2.40. The van der Waals surface area contributed by atoms with Gasteiger partial charge in [-0.15, -0.1) is 12.6 Å². The number of hydrogen-bond acceptors (Lipinski definition) is 1. The predicted molar refractivity (Wildman–Crippen MR) is 48.5 cm³/mol. The fraction of sp³-hybridized carbons (Fsp3) is 0.111. The van der Waals surface area contributed by atoms with E-state index in [2.05, 4.69) is 26.1 Å². The maximum absolute atomic E-state index is 4.21. The van der Waals surface area contributed by atoms with Crippen LogP contribution in [-0.4, -0.2) is 0 Å². The van der Waals surface area contributed by atoms with Crippen LogP contribution in [0.3, 0.4) is 0 Å². The van der Waals surface area contributed by atoms with Gasteiger partial charge in [-0.05, 0) is 30.2 Å². The second-order valence-corrected chi connectivity index (χ2v) is 2.76. The molecule has 0 aliphatic carbocycles. The summed E-state index contributed by atoms with van der Waals surface area (Å²) in [5, 5.41) is 0. The van der Waals surface area contributed by atoms with Gasteiger partial charge in [0, 0.05) is 4.90 Å². The molecule has 0 spiro atoms. The number of hydrogen-bond donors (Lipinski definition) is 1. The molecule has 0 aliphatic heterocycles. The van der Waals surface area contributed by atoms with Crippen LogP contribution in [-0.2, 0) is 0 Å². The van der Waals surface area contributed by atoms with E-state index in [-0.39, 0.29) is 0 Å². The zero-order valence-electron chi connectivity index (χ0n) is 5.96. The lowest BCUT2D eigenvalue weighted by molar-refractivity contribution is 1.36. The molecule has 0 saturated carbocycles. The van der Waals surface area contributed by atoms with E-state index in [4.69, 9.17) is 0 Å². The van der Waals surface area contributed by atoms with Crippen molar-refractivity contribution in [1.29, 1.82) is 0 Å². The van der Waals surface area contributed by atoms with Crippen LogP contribution in [0.4, 0.5) is 0 Å². The molecular weight excluding hydrogens is 140 g/mol. The van der Waals surface area contributed by atoms with Crippen LogP contribution in [0.15, 0.2) is 29.7 Å². The maximum Gasteiger partial charge on any atom is 0.00461 e. The van der Waals surface area contributed by atoms with Gasteiger partial charge in [0.2, 0.25) is 0 Å². The molecule has 0 bridgehead atoms. The first-order chi connectivity index (χ1) is 4.74. The molecular formula is C9H10S. The zero-order chi connectivity index (χ0) is 7.56. The van der Waals surface area contributed by atoms with Crippen LogP contribution in [0.5, 0.6) is 0 Å². The Kier molecular flexibility index (Phi) is 2.17. The third-order valence-electron chi connectivity index (χ3n) is 1.48. The van der Waals surface area contributed by atoms with Crippen LogP contribution in [0, 0.1) is 6.92 Å². The average Bonchev–Trinajstić information content (AvgIpc) is 1.94. The Labute approximate surface area is 67.0 Å². The lowest BCUT2D eigenvalue weighted by Gasteiger charge is -1.99. The maximum atomic E-state index is 4.21. The summed E-state index contributed by atoms with van der Waals surface area (Å²) in [5.74, 6) is 0. The molecule has 0 fully saturated rings. The summed E-state index contributed by atoms with van der Waals surface area (Å²) in [6.07, 6.45) is 1.84. The van der Waals surface area contributed by atoms with Gasteiger partial charge in [0.1, 0.15) is 0 Å². The Balaban J connectivity index is 3.21. The topological polar surface area (TPSA) is 0 Å². The Morgan fingerprint density at radius 1 is 1.50 bits per heavy atom. The molecule has 0 saturated heterocycles. The largest absolute Gasteiger partial charge is 0.143 e. The van der Waals surface area contributed by atoms with Crippen molar-refractivity contribution in [3.63, 3.8) is 0 Å². The summed E-state index contributed by atoms with van der Waals surface area (Å²) in [6.45, 7) is 5.76. The van der Waals surface area contributed by atoms with Crippen LogP contribution in [0.2, 0.25) is 0 Å². The fourth-order valence-corrected chi connectivity index (χ4v) is 1.06. The van der Waals surface area contributed by atoms with Crippen molar-refractivity contribution in [1.82, 2.24) is 0 Å². The first-order valence-corrected chi connectivity index (χ1v) is 3.61. The highest BCUT2D eigenvalue weighted by Crippen LogP contribution is 2.14. The zero-order valence-corrected chi connectivity index (χ0v) is 6.86. The number of benzene rings is 1. The van der Waals surface area contributed by atoms with Gasteiger partial charge in [0.25, 0.3) is 0 Å². The molecule has 1 aromatic rings. The Hall–Kier alpha value is -0.690. The third kappa shape index (κ3) is 1.42. The van der Waals surface area contributed by atoms with Crippen LogP contribution < -0.4 is 0 Å². The van der Waals surface area contributed by atoms with Gasteiger partial charge in [-0.2, -0.15) is 0 Å². The number of thiol groups is 1. The quantitative estimate of drug-likeness (QED) is 0.585. The fourth-order valence-electron chi connectivity index (χ4n) is 0.848. The van der Waals surface area contributed by atoms with Gasteiger partial charge in [-0.1, -0.05) is 18.7 Å². The van der Waals surface area contributed by atoms with E-state index in [1.807, 2.05) is 24.3 Å². The average molecular weight is 150 g/mol. The summed E-state index contributed by atoms with van der Waals surface area (Å²) in [4.78, 5) is 0.987. The van der Waals surface area contributed by atoms with E-state index in [9.17, 15) is 0 Å². The second-order valence-electron chi connectivity index (χ2n) is 2.25. The highest BCUT2D eigenvalue weighted by molar-refractivity contribution is 7.80. The first-order valence-electron chi connectivity index (χ1n) is 3.16. The lowest BCUT2D eigenvalue weighted by atomic mass is 10.1. The minimum Gasteiger partial charge on any atom is -0.143 e. The highest BCUT2D eigenvalue weighted by Gasteiger charge is 1.91. The summed E-state index contributed by atoms with van der Waals surface area (Å²) in [7, 11) is 0. The molecule has 52 valence electrons. The molecule has 0 heterocycles. The minimum absolute atomic E-state index is 0.987. The molecule has 0 nitrogen and oxygen atoms in total. The van der Waals surface area contributed by atoms with Gasteiger partial charge in [-0.25, -0.2) is 0 Å². The smallest absolute Gasteiger partial charge is 0.00461 e. The van der Waals surface area contributed by atoms with Crippen molar-refractivity contribution in [2.45, 2.75) is 11.8 Å². The molecule has 0 aliphatic rings. The standard InChI is InChI=1S/C9H10S/c1-3-8-6-9(10)5-4-7(8)2/h3-6,10H,1H2,2H3. The van der Waals surface area contributed by atoms with E-state index < -0.39 is 0 Å². The van der Waals surface area contributed by atoms with Crippen molar-refractivity contribution in [2.24, 2.45) is 0 Å². The van der Waals surface area contributed by atoms with Gasteiger partial charge in [0.15, 0.2) is 0 Å².